The van der Waals surface area contributed by atoms with E-state index in [1.54, 1.807) is 4.90 Å². The van der Waals surface area contributed by atoms with E-state index in [1.165, 1.54) is 65.9 Å². The lowest BCUT2D eigenvalue weighted by Crippen LogP contribution is -2.21. The first-order valence-electron chi connectivity index (χ1n) is 12.4. The Morgan fingerprint density at radius 2 is 1.37 bits per heavy atom. The van der Waals surface area contributed by atoms with Crippen LogP contribution in [0, 0.1) is 0 Å². The highest BCUT2D eigenvalue weighted by Gasteiger charge is 2.44. The first-order chi connectivity index (χ1) is 18.9. The zero-order chi connectivity index (χ0) is 31.3. The number of ether oxygens (including phenoxy) is 1. The fourth-order valence-corrected chi connectivity index (χ4v) is 6.85. The number of halogens is 6. The fraction of sp³-hybridized carbons (Fsp3) is 0.583. The Bertz CT molecular complexity index is 1220. The molecule has 0 bridgehead atoms. The van der Waals surface area contributed by atoms with E-state index in [2.05, 4.69) is 55.1 Å². The van der Waals surface area contributed by atoms with Crippen LogP contribution in [0.5, 0.6) is 5.75 Å². The average Bonchev–Trinajstić information content (AvgIpc) is 3.60. The molecule has 2 heterocycles. The molecule has 0 radical (unpaired) electrons. The van der Waals surface area contributed by atoms with Gasteiger partial charge < -0.3 is 9.29 Å². The van der Waals surface area contributed by atoms with Crippen molar-refractivity contribution in [1.82, 2.24) is 0 Å². The molecule has 0 spiro atoms. The predicted octanol–water partition coefficient (Wildman–Crippen LogP) is 6.75. The van der Waals surface area contributed by atoms with Crippen LogP contribution in [-0.4, -0.2) is 66.6 Å². The Hall–Kier alpha value is -1.40. The van der Waals surface area contributed by atoms with Crippen molar-refractivity contribution in [3.63, 3.8) is 0 Å². The van der Waals surface area contributed by atoms with Crippen molar-refractivity contribution in [1.29, 1.82) is 0 Å². The molecule has 2 aliphatic heterocycles. The molecule has 7 nitrogen and oxygen atoms in total. The fourth-order valence-electron chi connectivity index (χ4n) is 3.33. The first kappa shape index (κ1) is 37.6. The molecule has 1 N–H and O–H groups in total. The Morgan fingerprint density at radius 3 is 1.76 bits per heavy atom. The van der Waals surface area contributed by atoms with Crippen LogP contribution in [0.3, 0.4) is 0 Å². The smallest absolute Gasteiger partial charge is 0.522 e. The Kier molecular flexibility index (Phi) is 15.6. The van der Waals surface area contributed by atoms with Gasteiger partial charge in [0, 0.05) is 21.7 Å². The molecule has 0 amide bonds. The number of thioether (sulfide) groups is 1. The minimum absolute atomic E-state index is 0.464. The van der Waals surface area contributed by atoms with Gasteiger partial charge >= 0.3 is 21.1 Å². The third-order valence-corrected chi connectivity index (χ3v) is 10.2. The van der Waals surface area contributed by atoms with Gasteiger partial charge in [-0.15, -0.1) is 0 Å². The minimum atomic E-state index is -6.09. The SMILES string of the molecule is C1CCSC1.CCCCOc1ccc([S+]2CCCC2)c2ccccc12.O=S(=O)(O)C(F)(F)F.O=S(=O)([O-])C(F)(F)F. The van der Waals surface area contributed by atoms with Crippen molar-refractivity contribution in [2.24, 2.45) is 0 Å². The predicted molar refractivity (Wildman–Crippen MR) is 149 cm³/mol. The second-order valence-corrected chi connectivity index (χ2v) is 14.8. The normalized spacial score (nSPS) is 16.1. The van der Waals surface area contributed by atoms with Crippen LogP contribution in [0.2, 0.25) is 0 Å². The molecule has 4 rings (SSSR count). The highest BCUT2D eigenvalue weighted by atomic mass is 32.2. The standard InChI is InChI=1S/C18H23OS.C4H8S.2CHF3O3S/c1-2-3-12-19-17-10-11-18(20-13-6-7-14-20)16-9-5-4-8-15(16)17;1-2-4-5-3-1;2*2-1(3,4)8(5,6)7/h4-5,8-11H,2-3,6-7,12-14H2,1H3;1-4H2;2*(H,5,6,7)/q+1;;;/p-1. The first-order valence-corrected chi connectivity index (χ1v) is 17.9. The molecule has 0 unspecified atom stereocenters. The maximum Gasteiger partial charge on any atom is 0.522 e. The summed E-state index contributed by atoms with van der Waals surface area (Å²) in [4.78, 5) is 1.56. The molecular weight excluding hydrogens is 643 g/mol. The molecule has 41 heavy (non-hydrogen) atoms. The van der Waals surface area contributed by atoms with Gasteiger partial charge in [0.05, 0.1) is 6.61 Å². The Morgan fingerprint density at radius 1 is 0.878 bits per heavy atom. The number of fused-ring (bicyclic) bond motifs is 1. The summed E-state index contributed by atoms with van der Waals surface area (Å²) in [6, 6.07) is 13.3. The third kappa shape index (κ3) is 13.6. The van der Waals surface area contributed by atoms with Crippen LogP contribution < -0.4 is 4.74 Å². The number of alkyl halides is 6. The third-order valence-electron chi connectivity index (χ3n) is 5.35. The second-order valence-electron chi connectivity index (χ2n) is 8.56. The second kappa shape index (κ2) is 17.0. The summed E-state index contributed by atoms with van der Waals surface area (Å²) in [7, 11) is -11.5. The summed E-state index contributed by atoms with van der Waals surface area (Å²) >= 11 is 2.07. The van der Waals surface area contributed by atoms with E-state index in [9.17, 15) is 26.3 Å². The summed E-state index contributed by atoms with van der Waals surface area (Å²) in [6.45, 7) is 3.03. The number of benzene rings is 2. The zero-order valence-corrected chi connectivity index (χ0v) is 25.3. The van der Waals surface area contributed by atoms with E-state index in [0.29, 0.717) is 10.9 Å². The molecule has 2 aliphatic rings. The van der Waals surface area contributed by atoms with Crippen molar-refractivity contribution >= 4 is 53.7 Å². The Balaban J connectivity index is 0.000000330. The van der Waals surface area contributed by atoms with Crippen LogP contribution in [0.25, 0.3) is 10.8 Å². The van der Waals surface area contributed by atoms with Crippen molar-refractivity contribution in [2.75, 3.05) is 29.6 Å². The van der Waals surface area contributed by atoms with Gasteiger partial charge in [-0.05, 0) is 61.8 Å². The molecule has 0 aromatic heterocycles. The van der Waals surface area contributed by atoms with Gasteiger partial charge in [-0.3, -0.25) is 4.55 Å². The maximum atomic E-state index is 10.7. The van der Waals surface area contributed by atoms with Crippen LogP contribution >= 0.6 is 11.8 Å². The van der Waals surface area contributed by atoms with Crippen LogP contribution in [-0.2, 0) is 31.1 Å². The lowest BCUT2D eigenvalue weighted by molar-refractivity contribution is -0.0519. The van der Waals surface area contributed by atoms with Gasteiger partial charge in [0.25, 0.3) is 0 Å². The molecule has 236 valence electrons. The molecule has 0 saturated carbocycles. The number of hydrogen-bond donors (Lipinski definition) is 1. The van der Waals surface area contributed by atoms with Gasteiger partial charge in [-0.1, -0.05) is 31.5 Å². The van der Waals surface area contributed by atoms with Crippen LogP contribution in [0.4, 0.5) is 26.3 Å². The van der Waals surface area contributed by atoms with Crippen molar-refractivity contribution in [2.45, 2.75) is 61.4 Å². The number of hydrogen-bond acceptors (Lipinski definition) is 7. The van der Waals surface area contributed by atoms with E-state index >= 15 is 0 Å². The lowest BCUT2D eigenvalue weighted by Gasteiger charge is -2.11. The highest BCUT2D eigenvalue weighted by Crippen LogP contribution is 2.34. The summed E-state index contributed by atoms with van der Waals surface area (Å²) in [5.74, 6) is 6.64. The summed E-state index contributed by atoms with van der Waals surface area (Å²) in [5.41, 5.74) is -11.2. The van der Waals surface area contributed by atoms with E-state index in [4.69, 9.17) is 30.7 Å². The lowest BCUT2D eigenvalue weighted by atomic mass is 10.1. The maximum absolute atomic E-state index is 10.7. The van der Waals surface area contributed by atoms with Crippen LogP contribution in [0.1, 0.15) is 45.4 Å². The van der Waals surface area contributed by atoms with E-state index < -0.39 is 31.3 Å². The van der Waals surface area contributed by atoms with Crippen molar-refractivity contribution in [3.8, 4) is 5.75 Å². The molecule has 2 saturated heterocycles. The van der Waals surface area contributed by atoms with Gasteiger partial charge in [-0.2, -0.15) is 46.5 Å². The van der Waals surface area contributed by atoms with E-state index in [0.717, 1.165) is 18.8 Å². The van der Waals surface area contributed by atoms with E-state index in [-0.39, 0.29) is 0 Å². The average molecular weight is 675 g/mol. The molecule has 2 aromatic rings. The van der Waals surface area contributed by atoms with Gasteiger partial charge in [-0.25, -0.2) is 8.42 Å². The Labute approximate surface area is 243 Å². The van der Waals surface area contributed by atoms with Crippen molar-refractivity contribution in [3.05, 3.63) is 36.4 Å². The molecule has 2 fully saturated rings. The largest absolute Gasteiger partial charge is 0.741 e. The van der Waals surface area contributed by atoms with E-state index in [1.807, 2.05) is 0 Å². The molecule has 0 atom stereocenters. The van der Waals surface area contributed by atoms with Gasteiger partial charge in [0.15, 0.2) is 15.0 Å². The topological polar surface area (TPSA) is 121 Å². The minimum Gasteiger partial charge on any atom is -0.741 e. The number of rotatable bonds is 5. The zero-order valence-electron chi connectivity index (χ0n) is 22.0. The summed E-state index contributed by atoms with van der Waals surface area (Å²) in [5, 5.41) is 2.70. The number of unbranched alkanes of at least 4 members (excludes halogenated alkanes) is 1. The molecule has 2 aromatic carbocycles. The van der Waals surface area contributed by atoms with Gasteiger partial charge in [0.2, 0.25) is 0 Å². The summed E-state index contributed by atoms with van der Waals surface area (Å²) < 4.78 is 122. The summed E-state index contributed by atoms with van der Waals surface area (Å²) in [6.07, 6.45) is 8.02. The molecule has 17 heteroatoms. The quantitative estimate of drug-likeness (QED) is 0.122. The van der Waals surface area contributed by atoms with Crippen molar-refractivity contribution < 1.29 is 57.0 Å². The van der Waals surface area contributed by atoms with Gasteiger partial charge in [0.1, 0.15) is 17.3 Å². The highest BCUT2D eigenvalue weighted by molar-refractivity contribution is 7.99. The van der Waals surface area contributed by atoms with Crippen LogP contribution in [0.15, 0.2) is 41.3 Å². The molecular formula is C24H32F6O7S4. The molecule has 0 aliphatic carbocycles. The monoisotopic (exact) mass is 674 g/mol.